The van der Waals surface area contributed by atoms with E-state index in [1.165, 1.54) is 0 Å². The molecule has 0 bridgehead atoms. The fourth-order valence-corrected chi connectivity index (χ4v) is 2.86. The molecule has 1 amide bonds. The molecule has 0 aliphatic carbocycles. The molecule has 0 radical (unpaired) electrons. The van der Waals surface area contributed by atoms with Crippen molar-refractivity contribution in [3.8, 4) is 6.07 Å². The van der Waals surface area contributed by atoms with E-state index in [-0.39, 0.29) is 18.0 Å². The maximum absolute atomic E-state index is 12.5. The average molecular weight is 266 g/mol. The van der Waals surface area contributed by atoms with Crippen molar-refractivity contribution < 1.29 is 14.3 Å². The van der Waals surface area contributed by atoms with Gasteiger partial charge in [0.2, 0.25) is 5.91 Å². The zero-order valence-corrected chi connectivity index (χ0v) is 11.5. The lowest BCUT2D eigenvalue weighted by atomic mass is 9.97. The summed E-state index contributed by atoms with van der Waals surface area (Å²) in [6, 6.07) is 2.51. The summed E-state index contributed by atoms with van der Waals surface area (Å²) in [4.78, 5) is 14.5. The molecule has 0 saturated carbocycles. The maximum atomic E-state index is 12.5. The molecule has 0 aromatic heterocycles. The standard InChI is InChI=1S/C14H22N2O3/c1-11(10-15)14(17)16(12-2-6-18-7-3-12)13-4-8-19-9-5-13/h11-13H,2-9H2,1H3. The first-order valence-electron chi connectivity index (χ1n) is 7.11. The quantitative estimate of drug-likeness (QED) is 0.773. The van der Waals surface area contributed by atoms with E-state index in [0.717, 1.165) is 25.7 Å². The van der Waals surface area contributed by atoms with Gasteiger partial charge in [-0.05, 0) is 32.6 Å². The topological polar surface area (TPSA) is 62.6 Å². The SMILES string of the molecule is CC(C#N)C(=O)N(C1CCOCC1)C1CCOCC1. The highest BCUT2D eigenvalue weighted by Gasteiger charge is 2.34. The number of rotatable bonds is 3. The average Bonchev–Trinajstić information content (AvgIpc) is 2.49. The fourth-order valence-electron chi connectivity index (χ4n) is 2.86. The first kappa shape index (κ1) is 14.3. The van der Waals surface area contributed by atoms with Crippen LogP contribution in [0, 0.1) is 17.2 Å². The van der Waals surface area contributed by atoms with Gasteiger partial charge in [-0.25, -0.2) is 0 Å². The highest BCUT2D eigenvalue weighted by atomic mass is 16.5. The Bertz CT molecular complexity index is 323. The number of ether oxygens (including phenoxy) is 2. The van der Waals surface area contributed by atoms with Crippen LogP contribution in [-0.2, 0) is 14.3 Å². The van der Waals surface area contributed by atoms with E-state index in [2.05, 4.69) is 6.07 Å². The minimum absolute atomic E-state index is 0.0266. The minimum atomic E-state index is -0.564. The number of amides is 1. The Hall–Kier alpha value is -1.12. The molecule has 0 spiro atoms. The van der Waals surface area contributed by atoms with Gasteiger partial charge < -0.3 is 14.4 Å². The van der Waals surface area contributed by atoms with Crippen LogP contribution >= 0.6 is 0 Å². The molecule has 5 heteroatoms. The molecule has 2 heterocycles. The normalized spacial score (nSPS) is 23.6. The van der Waals surface area contributed by atoms with E-state index in [4.69, 9.17) is 14.7 Å². The Morgan fingerprint density at radius 3 is 1.89 bits per heavy atom. The van der Waals surface area contributed by atoms with Gasteiger partial charge in [-0.1, -0.05) is 0 Å². The molecule has 0 N–H and O–H groups in total. The van der Waals surface area contributed by atoms with Gasteiger partial charge in [-0.3, -0.25) is 4.79 Å². The third-order valence-corrected chi connectivity index (χ3v) is 3.99. The van der Waals surface area contributed by atoms with E-state index in [1.807, 2.05) is 4.90 Å². The predicted molar refractivity (Wildman–Crippen MR) is 69.3 cm³/mol. The number of nitrogens with zero attached hydrogens (tertiary/aromatic N) is 2. The van der Waals surface area contributed by atoms with Gasteiger partial charge in [0.15, 0.2) is 0 Å². The van der Waals surface area contributed by atoms with Crippen LogP contribution in [0.2, 0.25) is 0 Å². The van der Waals surface area contributed by atoms with Gasteiger partial charge in [-0.2, -0.15) is 5.26 Å². The van der Waals surface area contributed by atoms with Crippen molar-refractivity contribution in [2.75, 3.05) is 26.4 Å². The third kappa shape index (κ3) is 3.46. The Morgan fingerprint density at radius 1 is 1.11 bits per heavy atom. The van der Waals surface area contributed by atoms with Crippen LogP contribution in [0.15, 0.2) is 0 Å². The van der Waals surface area contributed by atoms with Gasteiger partial charge in [0, 0.05) is 38.5 Å². The monoisotopic (exact) mass is 266 g/mol. The second-order valence-corrected chi connectivity index (χ2v) is 5.28. The van der Waals surface area contributed by atoms with E-state index < -0.39 is 5.92 Å². The van der Waals surface area contributed by atoms with Crippen molar-refractivity contribution in [2.24, 2.45) is 5.92 Å². The van der Waals surface area contributed by atoms with Crippen molar-refractivity contribution in [2.45, 2.75) is 44.7 Å². The molecule has 5 nitrogen and oxygen atoms in total. The molecule has 2 aliphatic rings. The van der Waals surface area contributed by atoms with Gasteiger partial charge in [0.05, 0.1) is 6.07 Å². The van der Waals surface area contributed by atoms with Crippen molar-refractivity contribution in [1.29, 1.82) is 5.26 Å². The molecule has 19 heavy (non-hydrogen) atoms. The van der Waals surface area contributed by atoms with Crippen LogP contribution in [0.4, 0.5) is 0 Å². The van der Waals surface area contributed by atoms with Crippen molar-refractivity contribution in [3.05, 3.63) is 0 Å². The highest BCUT2D eigenvalue weighted by Crippen LogP contribution is 2.24. The maximum Gasteiger partial charge on any atom is 0.240 e. The van der Waals surface area contributed by atoms with Gasteiger partial charge in [0.1, 0.15) is 5.92 Å². The van der Waals surface area contributed by atoms with Crippen molar-refractivity contribution in [3.63, 3.8) is 0 Å². The Labute approximate surface area is 114 Å². The molecule has 0 aromatic carbocycles. The molecule has 2 aliphatic heterocycles. The van der Waals surface area contributed by atoms with Crippen LogP contribution < -0.4 is 0 Å². The molecule has 106 valence electrons. The molecule has 2 saturated heterocycles. The zero-order chi connectivity index (χ0) is 13.7. The summed E-state index contributed by atoms with van der Waals surface area (Å²) in [5.41, 5.74) is 0. The number of hydrogen-bond acceptors (Lipinski definition) is 4. The number of carbonyl (C=O) groups is 1. The summed E-state index contributed by atoms with van der Waals surface area (Å²) >= 11 is 0. The van der Waals surface area contributed by atoms with E-state index in [9.17, 15) is 4.79 Å². The van der Waals surface area contributed by atoms with Crippen LogP contribution in [0.5, 0.6) is 0 Å². The second-order valence-electron chi connectivity index (χ2n) is 5.28. The fraction of sp³-hybridized carbons (Fsp3) is 0.857. The summed E-state index contributed by atoms with van der Waals surface area (Å²) in [6.45, 7) is 4.52. The van der Waals surface area contributed by atoms with Crippen LogP contribution in [-0.4, -0.2) is 49.3 Å². The second kappa shape index (κ2) is 6.88. The number of carbonyl (C=O) groups excluding carboxylic acids is 1. The molecule has 2 rings (SSSR count). The van der Waals surface area contributed by atoms with Crippen LogP contribution in [0.3, 0.4) is 0 Å². The van der Waals surface area contributed by atoms with Gasteiger partial charge >= 0.3 is 0 Å². The summed E-state index contributed by atoms with van der Waals surface area (Å²) in [5, 5.41) is 9.00. The predicted octanol–water partition coefficient (Wildman–Crippen LogP) is 1.33. The van der Waals surface area contributed by atoms with Gasteiger partial charge in [0.25, 0.3) is 0 Å². The van der Waals surface area contributed by atoms with E-state index in [1.54, 1.807) is 6.92 Å². The Kier molecular flexibility index (Phi) is 5.17. The molecule has 1 atom stereocenters. The first-order chi connectivity index (χ1) is 9.24. The van der Waals surface area contributed by atoms with Crippen molar-refractivity contribution >= 4 is 5.91 Å². The summed E-state index contributed by atoms with van der Waals surface area (Å²) in [6.07, 6.45) is 3.50. The van der Waals surface area contributed by atoms with Crippen LogP contribution in [0.25, 0.3) is 0 Å². The zero-order valence-electron chi connectivity index (χ0n) is 11.5. The first-order valence-corrected chi connectivity index (χ1v) is 7.11. The number of hydrogen-bond donors (Lipinski definition) is 0. The molecule has 2 fully saturated rings. The molecular weight excluding hydrogens is 244 g/mol. The lowest BCUT2D eigenvalue weighted by molar-refractivity contribution is -0.143. The smallest absolute Gasteiger partial charge is 0.240 e. The van der Waals surface area contributed by atoms with Crippen molar-refractivity contribution in [1.82, 2.24) is 4.90 Å². The summed E-state index contributed by atoms with van der Waals surface area (Å²) in [7, 11) is 0. The molecular formula is C14H22N2O3. The van der Waals surface area contributed by atoms with Crippen LogP contribution in [0.1, 0.15) is 32.6 Å². The van der Waals surface area contributed by atoms with E-state index in [0.29, 0.717) is 26.4 Å². The van der Waals surface area contributed by atoms with E-state index >= 15 is 0 Å². The third-order valence-electron chi connectivity index (χ3n) is 3.99. The lowest BCUT2D eigenvalue weighted by Gasteiger charge is -2.42. The Morgan fingerprint density at radius 2 is 1.53 bits per heavy atom. The highest BCUT2D eigenvalue weighted by molar-refractivity contribution is 5.81. The number of nitriles is 1. The largest absolute Gasteiger partial charge is 0.381 e. The lowest BCUT2D eigenvalue weighted by Crippen LogP contribution is -2.52. The summed E-state index contributed by atoms with van der Waals surface area (Å²) in [5.74, 6) is -0.591. The van der Waals surface area contributed by atoms with Gasteiger partial charge in [-0.15, -0.1) is 0 Å². The minimum Gasteiger partial charge on any atom is -0.381 e. The Balaban J connectivity index is 2.11. The summed E-state index contributed by atoms with van der Waals surface area (Å²) < 4.78 is 10.8. The molecule has 1 unspecified atom stereocenters. The molecule has 0 aromatic rings.